The van der Waals surface area contributed by atoms with Crippen LogP contribution >= 0.6 is 28.3 Å². The molecule has 1 unspecified atom stereocenters. The van der Waals surface area contributed by atoms with Gasteiger partial charge in [-0.2, -0.15) is 10.1 Å². The summed E-state index contributed by atoms with van der Waals surface area (Å²) >= 11 is 3.33. The highest BCUT2D eigenvalue weighted by molar-refractivity contribution is 9.10. The van der Waals surface area contributed by atoms with Gasteiger partial charge in [0.15, 0.2) is 5.82 Å². The predicted octanol–water partition coefficient (Wildman–Crippen LogP) is 1.65. The van der Waals surface area contributed by atoms with Crippen molar-refractivity contribution in [2.24, 2.45) is 0 Å². The van der Waals surface area contributed by atoms with Crippen molar-refractivity contribution in [3.63, 3.8) is 0 Å². The molecule has 18 heavy (non-hydrogen) atoms. The second-order valence-corrected chi connectivity index (χ2v) is 4.77. The second kappa shape index (κ2) is 6.86. The summed E-state index contributed by atoms with van der Waals surface area (Å²) in [5.41, 5.74) is 0. The number of nitrogens with zero attached hydrogens (tertiary/aromatic N) is 4. The molecule has 0 fully saturated rings. The standard InChI is InChI=1S/C10H14BrN5O.ClH/c1-7(12-2)3-9-14-10(17-15-9)6-16-5-8(11)4-13-16;/h4-5,7,12H,3,6H2,1-2H3;1H. The molecule has 0 aliphatic rings. The van der Waals surface area contributed by atoms with Gasteiger partial charge in [0.1, 0.15) is 6.54 Å². The molecule has 1 atom stereocenters. The molecule has 0 aliphatic carbocycles. The largest absolute Gasteiger partial charge is 0.337 e. The minimum atomic E-state index is 0. The number of halogens is 2. The van der Waals surface area contributed by atoms with Gasteiger partial charge >= 0.3 is 0 Å². The van der Waals surface area contributed by atoms with Gasteiger partial charge in [-0.25, -0.2) is 0 Å². The van der Waals surface area contributed by atoms with Crippen molar-refractivity contribution in [2.75, 3.05) is 7.05 Å². The van der Waals surface area contributed by atoms with E-state index in [0.717, 1.165) is 10.9 Å². The Morgan fingerprint density at radius 3 is 2.94 bits per heavy atom. The van der Waals surface area contributed by atoms with Crippen molar-refractivity contribution in [2.45, 2.75) is 25.9 Å². The Balaban J connectivity index is 0.00000162. The van der Waals surface area contributed by atoms with Crippen LogP contribution in [0, 0.1) is 0 Å². The number of aromatic nitrogens is 4. The van der Waals surface area contributed by atoms with Gasteiger partial charge in [-0.05, 0) is 29.9 Å². The zero-order valence-corrected chi connectivity index (χ0v) is 12.5. The monoisotopic (exact) mass is 335 g/mol. The molecule has 0 spiro atoms. The molecule has 2 heterocycles. The van der Waals surface area contributed by atoms with Crippen LogP contribution in [0.5, 0.6) is 0 Å². The molecule has 0 amide bonds. The Kier molecular flexibility index (Phi) is 5.77. The summed E-state index contributed by atoms with van der Waals surface area (Å²) < 4.78 is 7.83. The molecule has 0 radical (unpaired) electrons. The SMILES string of the molecule is CNC(C)Cc1noc(Cn2cc(Br)cn2)n1.Cl. The smallest absolute Gasteiger partial charge is 0.248 e. The van der Waals surface area contributed by atoms with E-state index < -0.39 is 0 Å². The van der Waals surface area contributed by atoms with Gasteiger partial charge in [0, 0.05) is 18.7 Å². The van der Waals surface area contributed by atoms with Gasteiger partial charge < -0.3 is 9.84 Å². The maximum absolute atomic E-state index is 5.16. The molecule has 2 rings (SSSR count). The molecule has 1 N–H and O–H groups in total. The Labute approximate surface area is 120 Å². The lowest BCUT2D eigenvalue weighted by Gasteiger charge is -2.04. The molecular weight excluding hydrogens is 322 g/mol. The van der Waals surface area contributed by atoms with Gasteiger partial charge in [-0.1, -0.05) is 5.16 Å². The van der Waals surface area contributed by atoms with Crippen molar-refractivity contribution < 1.29 is 4.52 Å². The van der Waals surface area contributed by atoms with Gasteiger partial charge in [-0.3, -0.25) is 4.68 Å². The molecule has 0 aromatic carbocycles. The first kappa shape index (κ1) is 15.1. The van der Waals surface area contributed by atoms with Crippen molar-refractivity contribution >= 4 is 28.3 Å². The van der Waals surface area contributed by atoms with Crippen LogP contribution in [0.15, 0.2) is 21.4 Å². The third kappa shape index (κ3) is 4.08. The Bertz CT molecular complexity index is 486. The van der Waals surface area contributed by atoms with Gasteiger partial charge in [0.25, 0.3) is 0 Å². The molecular formula is C10H15BrClN5O. The van der Waals surface area contributed by atoms with Crippen LogP contribution < -0.4 is 5.32 Å². The normalized spacial score (nSPS) is 12.2. The van der Waals surface area contributed by atoms with E-state index >= 15 is 0 Å². The third-order valence-electron chi connectivity index (χ3n) is 2.39. The summed E-state index contributed by atoms with van der Waals surface area (Å²) in [7, 11) is 1.91. The van der Waals surface area contributed by atoms with E-state index in [2.05, 4.69) is 43.4 Å². The van der Waals surface area contributed by atoms with Crippen LogP contribution in [0.3, 0.4) is 0 Å². The lowest BCUT2D eigenvalue weighted by Crippen LogP contribution is -2.24. The number of nitrogens with one attached hydrogen (secondary N) is 1. The summed E-state index contributed by atoms with van der Waals surface area (Å²) in [6, 6.07) is 0.333. The average molecular weight is 337 g/mol. The Morgan fingerprint density at radius 1 is 1.56 bits per heavy atom. The zero-order valence-electron chi connectivity index (χ0n) is 10.1. The predicted molar refractivity (Wildman–Crippen MR) is 72.8 cm³/mol. The summed E-state index contributed by atoms with van der Waals surface area (Å²) in [6.45, 7) is 2.56. The van der Waals surface area contributed by atoms with Crippen LogP contribution in [0.4, 0.5) is 0 Å². The first-order chi connectivity index (χ1) is 8.17. The molecule has 0 saturated heterocycles. The Morgan fingerprint density at radius 2 is 2.33 bits per heavy atom. The van der Waals surface area contributed by atoms with E-state index in [4.69, 9.17) is 4.52 Å². The summed E-state index contributed by atoms with van der Waals surface area (Å²) in [4.78, 5) is 4.31. The van der Waals surface area contributed by atoms with Gasteiger partial charge in [0.2, 0.25) is 5.89 Å². The summed E-state index contributed by atoms with van der Waals surface area (Å²) in [6.07, 6.45) is 4.34. The average Bonchev–Trinajstić information content (AvgIpc) is 2.89. The van der Waals surface area contributed by atoms with Crippen molar-refractivity contribution in [3.05, 3.63) is 28.6 Å². The highest BCUT2D eigenvalue weighted by Gasteiger charge is 2.10. The second-order valence-electron chi connectivity index (χ2n) is 3.85. The maximum atomic E-state index is 5.16. The maximum Gasteiger partial charge on any atom is 0.248 e. The van der Waals surface area contributed by atoms with Gasteiger partial charge in [-0.15, -0.1) is 12.4 Å². The highest BCUT2D eigenvalue weighted by atomic mass is 79.9. The molecule has 2 aromatic rings. The summed E-state index contributed by atoms with van der Waals surface area (Å²) in [5, 5.41) is 11.2. The molecule has 2 aromatic heterocycles. The van der Waals surface area contributed by atoms with Crippen molar-refractivity contribution in [1.82, 2.24) is 25.2 Å². The number of hydrogen-bond acceptors (Lipinski definition) is 5. The molecule has 100 valence electrons. The van der Waals surface area contributed by atoms with E-state index in [-0.39, 0.29) is 12.4 Å². The van der Waals surface area contributed by atoms with Crippen LogP contribution in [0.25, 0.3) is 0 Å². The van der Waals surface area contributed by atoms with E-state index in [9.17, 15) is 0 Å². The fraction of sp³-hybridized carbons (Fsp3) is 0.500. The van der Waals surface area contributed by atoms with E-state index in [0.29, 0.717) is 24.3 Å². The first-order valence-electron chi connectivity index (χ1n) is 5.34. The van der Waals surface area contributed by atoms with Crippen LogP contribution in [-0.2, 0) is 13.0 Å². The fourth-order valence-electron chi connectivity index (χ4n) is 1.38. The molecule has 8 heteroatoms. The van der Waals surface area contributed by atoms with Crippen LogP contribution in [0.2, 0.25) is 0 Å². The van der Waals surface area contributed by atoms with Gasteiger partial charge in [0.05, 0.1) is 10.7 Å². The fourth-order valence-corrected chi connectivity index (χ4v) is 1.70. The van der Waals surface area contributed by atoms with E-state index in [1.54, 1.807) is 10.9 Å². The number of likely N-dealkylation sites (N-methyl/N-ethyl adjacent to an activating group) is 1. The molecule has 0 bridgehead atoms. The quantitative estimate of drug-likeness (QED) is 0.899. The Hall–Kier alpha value is -0.920. The van der Waals surface area contributed by atoms with Crippen LogP contribution in [-0.4, -0.2) is 33.0 Å². The first-order valence-corrected chi connectivity index (χ1v) is 6.13. The third-order valence-corrected chi connectivity index (χ3v) is 2.80. The summed E-state index contributed by atoms with van der Waals surface area (Å²) in [5.74, 6) is 1.28. The van der Waals surface area contributed by atoms with Crippen LogP contribution in [0.1, 0.15) is 18.6 Å². The minimum absolute atomic E-state index is 0. The van der Waals surface area contributed by atoms with Crippen molar-refractivity contribution in [1.29, 1.82) is 0 Å². The topological polar surface area (TPSA) is 68.8 Å². The van der Waals surface area contributed by atoms with E-state index in [1.807, 2.05) is 13.2 Å². The zero-order chi connectivity index (χ0) is 12.3. The van der Waals surface area contributed by atoms with Crippen molar-refractivity contribution in [3.8, 4) is 0 Å². The lowest BCUT2D eigenvalue weighted by atomic mass is 10.2. The molecule has 0 saturated carbocycles. The van der Waals surface area contributed by atoms with E-state index in [1.165, 1.54) is 0 Å². The molecule has 6 nitrogen and oxygen atoms in total. The lowest BCUT2D eigenvalue weighted by molar-refractivity contribution is 0.359. The number of hydrogen-bond donors (Lipinski definition) is 1. The molecule has 0 aliphatic heterocycles. The number of rotatable bonds is 5. The highest BCUT2D eigenvalue weighted by Crippen LogP contribution is 2.08. The minimum Gasteiger partial charge on any atom is -0.337 e.